The molecule has 1 aliphatic heterocycles. The fourth-order valence-corrected chi connectivity index (χ4v) is 4.46. The Kier molecular flexibility index (Phi) is 7.84. The number of halogens is 1. The molecular formula is C27H25BrN2O4. The maximum absolute atomic E-state index is 12.8. The van der Waals surface area contributed by atoms with Crippen molar-refractivity contribution < 1.29 is 19.0 Å². The number of fused-ring (bicyclic) bond motifs is 1. The minimum atomic E-state index is -0.295. The van der Waals surface area contributed by atoms with Gasteiger partial charge < -0.3 is 19.1 Å². The third-order valence-electron chi connectivity index (χ3n) is 5.54. The second-order valence-electron chi connectivity index (χ2n) is 7.76. The standard InChI is InChI=1S/C27H25BrN2O4/c1-2-33-25-16-19(14-22(17-29)27(31)30-10-12-32-13-11-30)15-24(28)26(25)34-18-21-8-5-7-20-6-3-4-9-23(20)21/h3-9,14-16H,2,10-13,18H2,1H3/b22-14+. The molecule has 6 nitrogen and oxygen atoms in total. The fraction of sp³-hybridized carbons (Fsp3) is 0.259. The lowest BCUT2D eigenvalue weighted by molar-refractivity contribution is -0.130. The monoisotopic (exact) mass is 520 g/mol. The molecule has 0 saturated carbocycles. The highest BCUT2D eigenvalue weighted by molar-refractivity contribution is 9.10. The number of morpholine rings is 1. The number of hydrogen-bond acceptors (Lipinski definition) is 5. The van der Waals surface area contributed by atoms with Crippen molar-refractivity contribution in [2.75, 3.05) is 32.9 Å². The smallest absolute Gasteiger partial charge is 0.264 e. The Morgan fingerprint density at radius 2 is 1.91 bits per heavy atom. The molecular weight excluding hydrogens is 496 g/mol. The van der Waals surface area contributed by atoms with Crippen LogP contribution in [-0.4, -0.2) is 43.7 Å². The first-order valence-electron chi connectivity index (χ1n) is 11.1. The highest BCUT2D eigenvalue weighted by atomic mass is 79.9. The lowest BCUT2D eigenvalue weighted by Gasteiger charge is -2.26. The van der Waals surface area contributed by atoms with E-state index in [1.54, 1.807) is 17.0 Å². The van der Waals surface area contributed by atoms with E-state index in [2.05, 4.69) is 34.1 Å². The van der Waals surface area contributed by atoms with Crippen molar-refractivity contribution in [1.29, 1.82) is 5.26 Å². The first-order chi connectivity index (χ1) is 16.6. The van der Waals surface area contributed by atoms with Gasteiger partial charge in [0.25, 0.3) is 5.91 Å². The van der Waals surface area contributed by atoms with Crippen LogP contribution in [0.15, 0.2) is 64.6 Å². The van der Waals surface area contributed by atoms with Gasteiger partial charge in [-0.25, -0.2) is 0 Å². The summed E-state index contributed by atoms with van der Waals surface area (Å²) in [7, 11) is 0. The van der Waals surface area contributed by atoms with Gasteiger partial charge in [-0.05, 0) is 63.0 Å². The van der Waals surface area contributed by atoms with E-state index in [1.807, 2.05) is 43.3 Å². The summed E-state index contributed by atoms with van der Waals surface area (Å²) in [6, 6.07) is 20.0. The number of ether oxygens (including phenoxy) is 3. The minimum Gasteiger partial charge on any atom is -0.490 e. The van der Waals surface area contributed by atoms with E-state index in [9.17, 15) is 10.1 Å². The highest BCUT2D eigenvalue weighted by Gasteiger charge is 2.21. The van der Waals surface area contributed by atoms with Gasteiger partial charge in [-0.15, -0.1) is 0 Å². The van der Waals surface area contributed by atoms with Crippen LogP contribution in [0.5, 0.6) is 11.5 Å². The number of hydrogen-bond donors (Lipinski definition) is 0. The summed E-state index contributed by atoms with van der Waals surface area (Å²) in [5.74, 6) is 0.820. The number of nitriles is 1. The predicted octanol–water partition coefficient (Wildman–Crippen LogP) is 5.35. The van der Waals surface area contributed by atoms with Gasteiger partial charge >= 0.3 is 0 Å². The summed E-state index contributed by atoms with van der Waals surface area (Å²) in [6.07, 6.45) is 1.58. The van der Waals surface area contributed by atoms with Gasteiger partial charge in [0, 0.05) is 13.1 Å². The molecule has 0 aromatic heterocycles. The quantitative estimate of drug-likeness (QED) is 0.310. The van der Waals surface area contributed by atoms with Crippen molar-refractivity contribution >= 4 is 38.7 Å². The van der Waals surface area contributed by atoms with E-state index in [-0.39, 0.29) is 11.5 Å². The predicted molar refractivity (Wildman–Crippen MR) is 135 cm³/mol. The molecule has 0 spiro atoms. The highest BCUT2D eigenvalue weighted by Crippen LogP contribution is 2.38. The molecule has 7 heteroatoms. The van der Waals surface area contributed by atoms with Crippen molar-refractivity contribution in [1.82, 2.24) is 4.90 Å². The van der Waals surface area contributed by atoms with E-state index >= 15 is 0 Å². The Morgan fingerprint density at radius 3 is 2.68 bits per heavy atom. The van der Waals surface area contributed by atoms with Gasteiger partial charge in [0.05, 0.1) is 24.3 Å². The number of nitrogens with zero attached hydrogens (tertiary/aromatic N) is 2. The van der Waals surface area contributed by atoms with Crippen LogP contribution in [0.25, 0.3) is 16.8 Å². The Labute approximate surface area is 207 Å². The number of rotatable bonds is 7. The third kappa shape index (κ3) is 5.41. The number of carbonyl (C=O) groups is 1. The van der Waals surface area contributed by atoms with Crippen LogP contribution in [-0.2, 0) is 16.1 Å². The first kappa shape index (κ1) is 23.8. The van der Waals surface area contributed by atoms with Gasteiger partial charge in [-0.3, -0.25) is 4.79 Å². The van der Waals surface area contributed by atoms with E-state index in [4.69, 9.17) is 14.2 Å². The maximum Gasteiger partial charge on any atom is 0.264 e. The third-order valence-corrected chi connectivity index (χ3v) is 6.13. The number of benzene rings is 3. The molecule has 1 aliphatic rings. The van der Waals surface area contributed by atoms with E-state index < -0.39 is 0 Å². The van der Waals surface area contributed by atoms with Crippen LogP contribution in [0.4, 0.5) is 0 Å². The van der Waals surface area contributed by atoms with Gasteiger partial charge in [-0.2, -0.15) is 5.26 Å². The molecule has 3 aromatic carbocycles. The summed E-state index contributed by atoms with van der Waals surface area (Å²) in [5.41, 5.74) is 1.81. The van der Waals surface area contributed by atoms with Crippen molar-refractivity contribution in [3.63, 3.8) is 0 Å². The zero-order valence-corrected chi connectivity index (χ0v) is 20.5. The van der Waals surface area contributed by atoms with Crippen LogP contribution in [0, 0.1) is 11.3 Å². The zero-order chi connectivity index (χ0) is 23.9. The number of amides is 1. The van der Waals surface area contributed by atoms with Crippen molar-refractivity contribution in [3.8, 4) is 17.6 Å². The van der Waals surface area contributed by atoms with E-state index in [0.29, 0.717) is 61.1 Å². The fourth-order valence-electron chi connectivity index (χ4n) is 3.89. The lowest BCUT2D eigenvalue weighted by atomic mass is 10.1. The van der Waals surface area contributed by atoms with Gasteiger partial charge in [0.2, 0.25) is 0 Å². The molecule has 1 saturated heterocycles. The molecule has 3 aromatic rings. The van der Waals surface area contributed by atoms with Gasteiger partial charge in [0.15, 0.2) is 11.5 Å². The molecule has 0 atom stereocenters. The molecule has 174 valence electrons. The molecule has 0 aliphatic carbocycles. The average molecular weight is 521 g/mol. The normalized spacial score (nSPS) is 14.0. The summed E-state index contributed by atoms with van der Waals surface area (Å²) < 4.78 is 18.0. The number of carbonyl (C=O) groups excluding carboxylic acids is 1. The summed E-state index contributed by atoms with van der Waals surface area (Å²) in [6.45, 7) is 4.63. The van der Waals surface area contributed by atoms with Crippen LogP contribution in [0.2, 0.25) is 0 Å². The molecule has 1 fully saturated rings. The molecule has 1 amide bonds. The summed E-state index contributed by atoms with van der Waals surface area (Å²) in [4.78, 5) is 14.4. The molecule has 1 heterocycles. The second kappa shape index (κ2) is 11.2. The largest absolute Gasteiger partial charge is 0.490 e. The molecule has 0 unspecified atom stereocenters. The molecule has 4 rings (SSSR count). The van der Waals surface area contributed by atoms with Crippen molar-refractivity contribution in [3.05, 3.63) is 75.8 Å². The molecule has 0 bridgehead atoms. The SMILES string of the molecule is CCOc1cc(/C=C(\C#N)C(=O)N2CCOCC2)cc(Br)c1OCc1cccc2ccccc12. The Balaban J connectivity index is 1.60. The average Bonchev–Trinajstić information content (AvgIpc) is 2.87. The van der Waals surface area contributed by atoms with Crippen molar-refractivity contribution in [2.45, 2.75) is 13.5 Å². The second-order valence-corrected chi connectivity index (χ2v) is 8.62. The zero-order valence-electron chi connectivity index (χ0n) is 18.9. The maximum atomic E-state index is 12.8. The summed E-state index contributed by atoms with van der Waals surface area (Å²) in [5, 5.41) is 11.9. The Hall–Kier alpha value is -3.34. The lowest BCUT2D eigenvalue weighted by Crippen LogP contribution is -2.41. The summed E-state index contributed by atoms with van der Waals surface area (Å²) >= 11 is 3.59. The van der Waals surface area contributed by atoms with E-state index in [1.165, 1.54) is 0 Å². The van der Waals surface area contributed by atoms with Crippen molar-refractivity contribution in [2.24, 2.45) is 0 Å². The van der Waals surface area contributed by atoms with Crippen LogP contribution in [0.1, 0.15) is 18.1 Å². The van der Waals surface area contributed by atoms with Crippen LogP contribution >= 0.6 is 15.9 Å². The van der Waals surface area contributed by atoms with Gasteiger partial charge in [-0.1, -0.05) is 42.5 Å². The first-order valence-corrected chi connectivity index (χ1v) is 11.9. The molecule has 0 N–H and O–H groups in total. The van der Waals surface area contributed by atoms with Crippen LogP contribution < -0.4 is 9.47 Å². The van der Waals surface area contributed by atoms with Gasteiger partial charge in [0.1, 0.15) is 18.2 Å². The Morgan fingerprint density at radius 1 is 1.15 bits per heavy atom. The van der Waals surface area contributed by atoms with E-state index in [0.717, 1.165) is 16.3 Å². The Bertz CT molecular complexity index is 1250. The molecule has 34 heavy (non-hydrogen) atoms. The topological polar surface area (TPSA) is 71.8 Å². The van der Waals surface area contributed by atoms with Crippen LogP contribution in [0.3, 0.4) is 0 Å². The minimum absolute atomic E-state index is 0.0701. The molecule has 0 radical (unpaired) electrons.